The highest BCUT2D eigenvalue weighted by molar-refractivity contribution is 9.10. The molecular formula is C13H14BrNO4. The van der Waals surface area contributed by atoms with E-state index in [1.807, 2.05) is 12.1 Å². The second-order valence-corrected chi connectivity index (χ2v) is 4.99. The molecule has 1 amide bonds. The van der Waals surface area contributed by atoms with Gasteiger partial charge in [0.15, 0.2) is 12.7 Å². The molecule has 5 nitrogen and oxygen atoms in total. The van der Waals surface area contributed by atoms with Crippen LogP contribution in [0.4, 0.5) is 5.69 Å². The largest absolute Gasteiger partial charge is 0.454 e. The lowest BCUT2D eigenvalue weighted by Crippen LogP contribution is -2.27. The van der Waals surface area contributed by atoms with Crippen LogP contribution in [0.25, 0.3) is 0 Å². The third-order valence-electron chi connectivity index (χ3n) is 2.69. The molecule has 1 fully saturated rings. The summed E-state index contributed by atoms with van der Waals surface area (Å²) in [5.74, 6) is -0.849. The maximum Gasteiger partial charge on any atom is 0.335 e. The molecule has 0 spiro atoms. The van der Waals surface area contributed by atoms with Gasteiger partial charge in [0.05, 0.1) is 5.69 Å². The zero-order chi connectivity index (χ0) is 13.7. The Morgan fingerprint density at radius 2 is 2.21 bits per heavy atom. The lowest BCUT2D eigenvalue weighted by Gasteiger charge is -2.10. The van der Waals surface area contributed by atoms with Crippen LogP contribution in [0, 0.1) is 0 Å². The summed E-state index contributed by atoms with van der Waals surface area (Å²) < 4.78 is 10.9. The fourth-order valence-electron chi connectivity index (χ4n) is 1.74. The van der Waals surface area contributed by atoms with Crippen LogP contribution in [0.1, 0.15) is 12.8 Å². The third-order valence-corrected chi connectivity index (χ3v) is 3.38. The van der Waals surface area contributed by atoms with Crippen molar-refractivity contribution >= 4 is 33.5 Å². The van der Waals surface area contributed by atoms with Crippen molar-refractivity contribution in [3.05, 3.63) is 28.7 Å². The van der Waals surface area contributed by atoms with Gasteiger partial charge >= 0.3 is 5.97 Å². The number of benzene rings is 1. The minimum atomic E-state index is -0.517. The molecule has 1 aliphatic heterocycles. The number of rotatable bonds is 4. The number of para-hydroxylation sites is 1. The molecule has 19 heavy (non-hydrogen) atoms. The van der Waals surface area contributed by atoms with Gasteiger partial charge in [-0.05, 0) is 40.9 Å². The molecule has 0 radical (unpaired) electrons. The average Bonchev–Trinajstić information content (AvgIpc) is 2.93. The van der Waals surface area contributed by atoms with Crippen LogP contribution >= 0.6 is 15.9 Å². The molecule has 0 unspecified atom stereocenters. The number of nitrogens with one attached hydrogen (secondary N) is 1. The Hall–Kier alpha value is -1.40. The van der Waals surface area contributed by atoms with E-state index in [1.54, 1.807) is 12.1 Å². The molecule has 102 valence electrons. The van der Waals surface area contributed by atoms with E-state index >= 15 is 0 Å². The van der Waals surface area contributed by atoms with Gasteiger partial charge in [0.2, 0.25) is 0 Å². The number of carbonyl (C=O) groups excluding carboxylic acids is 2. The maximum atomic E-state index is 11.6. The summed E-state index contributed by atoms with van der Waals surface area (Å²) in [5.41, 5.74) is 0.640. The van der Waals surface area contributed by atoms with Gasteiger partial charge in [-0.25, -0.2) is 4.79 Å². The Labute approximate surface area is 119 Å². The van der Waals surface area contributed by atoms with Gasteiger partial charge in [0.1, 0.15) is 0 Å². The van der Waals surface area contributed by atoms with Gasteiger partial charge in [0.25, 0.3) is 5.91 Å². The first kappa shape index (κ1) is 14.0. The van der Waals surface area contributed by atoms with Gasteiger partial charge in [-0.15, -0.1) is 0 Å². The van der Waals surface area contributed by atoms with Gasteiger partial charge in [-0.2, -0.15) is 0 Å². The number of amides is 1. The molecule has 1 saturated heterocycles. The van der Waals surface area contributed by atoms with Crippen LogP contribution < -0.4 is 5.32 Å². The molecule has 1 atom stereocenters. The van der Waals surface area contributed by atoms with Crippen molar-refractivity contribution in [2.75, 3.05) is 18.5 Å². The zero-order valence-electron chi connectivity index (χ0n) is 10.2. The van der Waals surface area contributed by atoms with Crippen molar-refractivity contribution in [3.63, 3.8) is 0 Å². The molecule has 1 N–H and O–H groups in total. The highest BCUT2D eigenvalue weighted by Crippen LogP contribution is 2.21. The minimum Gasteiger partial charge on any atom is -0.454 e. The molecule has 1 aromatic carbocycles. The first-order valence-corrected chi connectivity index (χ1v) is 6.79. The number of halogens is 1. The Kier molecular flexibility index (Phi) is 4.93. The summed E-state index contributed by atoms with van der Waals surface area (Å²) in [7, 11) is 0. The predicted molar refractivity (Wildman–Crippen MR) is 72.7 cm³/mol. The van der Waals surface area contributed by atoms with Gasteiger partial charge in [-0.1, -0.05) is 12.1 Å². The first-order chi connectivity index (χ1) is 9.16. The molecule has 1 aromatic rings. The molecule has 1 aliphatic rings. The van der Waals surface area contributed by atoms with Crippen LogP contribution in [0.15, 0.2) is 28.7 Å². The average molecular weight is 328 g/mol. The van der Waals surface area contributed by atoms with E-state index in [4.69, 9.17) is 9.47 Å². The second kappa shape index (κ2) is 6.68. The summed E-state index contributed by atoms with van der Waals surface area (Å²) in [5, 5.41) is 2.65. The van der Waals surface area contributed by atoms with Crippen molar-refractivity contribution < 1.29 is 19.1 Å². The lowest BCUT2D eigenvalue weighted by atomic mass is 10.2. The van der Waals surface area contributed by atoms with E-state index in [-0.39, 0.29) is 12.5 Å². The van der Waals surface area contributed by atoms with Crippen LogP contribution in [0.5, 0.6) is 0 Å². The third kappa shape index (κ3) is 4.04. The van der Waals surface area contributed by atoms with Gasteiger partial charge in [-0.3, -0.25) is 4.79 Å². The topological polar surface area (TPSA) is 64.6 Å². The molecule has 1 heterocycles. The first-order valence-electron chi connectivity index (χ1n) is 5.99. The Morgan fingerprint density at radius 3 is 2.89 bits per heavy atom. The molecule has 0 aliphatic carbocycles. The van der Waals surface area contributed by atoms with Gasteiger partial charge in [0, 0.05) is 11.1 Å². The number of hydrogen-bond acceptors (Lipinski definition) is 4. The summed E-state index contributed by atoms with van der Waals surface area (Å²) in [6.07, 6.45) is 0.990. The van der Waals surface area contributed by atoms with E-state index in [0.717, 1.165) is 10.9 Å². The monoisotopic (exact) mass is 327 g/mol. The van der Waals surface area contributed by atoms with E-state index in [1.165, 1.54) is 0 Å². The SMILES string of the molecule is O=C(COC(=O)[C@@H]1CCCO1)Nc1ccccc1Br. The fraction of sp³-hybridized carbons (Fsp3) is 0.385. The van der Waals surface area contributed by atoms with Crippen molar-refractivity contribution in [1.82, 2.24) is 0 Å². The Bertz CT molecular complexity index is 471. The Balaban J connectivity index is 1.78. The van der Waals surface area contributed by atoms with Gasteiger partial charge < -0.3 is 14.8 Å². The van der Waals surface area contributed by atoms with Crippen molar-refractivity contribution in [3.8, 4) is 0 Å². The van der Waals surface area contributed by atoms with E-state index in [0.29, 0.717) is 18.7 Å². The minimum absolute atomic E-state index is 0.306. The highest BCUT2D eigenvalue weighted by atomic mass is 79.9. The highest BCUT2D eigenvalue weighted by Gasteiger charge is 2.25. The standard InChI is InChI=1S/C13H14BrNO4/c14-9-4-1-2-5-10(9)15-12(16)8-19-13(17)11-6-3-7-18-11/h1-2,4-5,11H,3,6-8H2,(H,15,16)/t11-/m0/s1. The van der Waals surface area contributed by atoms with Crippen molar-refractivity contribution in [1.29, 1.82) is 0 Å². The summed E-state index contributed by atoms with van der Waals surface area (Å²) in [6, 6.07) is 7.22. The molecule has 6 heteroatoms. The van der Waals surface area contributed by atoms with Crippen LogP contribution in [0.3, 0.4) is 0 Å². The van der Waals surface area contributed by atoms with E-state index in [2.05, 4.69) is 21.2 Å². The van der Waals surface area contributed by atoms with Crippen molar-refractivity contribution in [2.45, 2.75) is 18.9 Å². The van der Waals surface area contributed by atoms with Crippen LogP contribution in [-0.4, -0.2) is 31.2 Å². The number of anilines is 1. The smallest absolute Gasteiger partial charge is 0.335 e. The molecule has 0 saturated carbocycles. The molecule has 0 bridgehead atoms. The predicted octanol–water partition coefficient (Wildman–Crippen LogP) is 2.11. The zero-order valence-corrected chi connectivity index (χ0v) is 11.8. The summed E-state index contributed by atoms with van der Waals surface area (Å²) in [4.78, 5) is 23.2. The Morgan fingerprint density at radius 1 is 1.42 bits per heavy atom. The van der Waals surface area contributed by atoms with Crippen LogP contribution in [0.2, 0.25) is 0 Å². The van der Waals surface area contributed by atoms with Crippen LogP contribution in [-0.2, 0) is 19.1 Å². The number of carbonyl (C=O) groups is 2. The fourth-order valence-corrected chi connectivity index (χ4v) is 2.13. The van der Waals surface area contributed by atoms with Crippen molar-refractivity contribution in [2.24, 2.45) is 0 Å². The second-order valence-electron chi connectivity index (χ2n) is 4.14. The normalized spacial score (nSPS) is 18.1. The van der Waals surface area contributed by atoms with E-state index in [9.17, 15) is 9.59 Å². The number of esters is 1. The lowest BCUT2D eigenvalue weighted by molar-refractivity contribution is -0.156. The number of hydrogen-bond donors (Lipinski definition) is 1. The molecular weight excluding hydrogens is 314 g/mol. The summed E-state index contributed by atoms with van der Waals surface area (Å²) >= 11 is 3.32. The maximum absolute atomic E-state index is 11.6. The molecule has 2 rings (SSSR count). The summed E-state index contributed by atoms with van der Waals surface area (Å²) in [6.45, 7) is 0.267. The van der Waals surface area contributed by atoms with E-state index < -0.39 is 12.1 Å². The number of ether oxygens (including phenoxy) is 2. The molecule has 0 aromatic heterocycles. The quantitative estimate of drug-likeness (QED) is 0.860.